The van der Waals surface area contributed by atoms with Crippen LogP contribution in [-0.2, 0) is 11.3 Å². The molecule has 0 bridgehead atoms. The summed E-state index contributed by atoms with van der Waals surface area (Å²) >= 11 is 3.36. The lowest BCUT2D eigenvalue weighted by Crippen LogP contribution is -3.09. The van der Waals surface area contributed by atoms with E-state index in [1.54, 1.807) is 0 Å². The lowest BCUT2D eigenvalue weighted by atomic mass is 10.2. The molecule has 1 rings (SSSR count). The van der Waals surface area contributed by atoms with E-state index in [4.69, 9.17) is 0 Å². The lowest BCUT2D eigenvalue weighted by Gasteiger charge is -2.14. The van der Waals surface area contributed by atoms with Crippen molar-refractivity contribution in [2.45, 2.75) is 6.54 Å². The Kier molecular flexibility index (Phi) is 4.10. The number of carboxylic acids is 1. The summed E-state index contributed by atoms with van der Waals surface area (Å²) in [7, 11) is 1.83. The van der Waals surface area contributed by atoms with Gasteiger partial charge in [-0.3, -0.25) is 0 Å². The number of hydrogen-bond donors (Lipinski definition) is 1. The molecule has 0 spiro atoms. The summed E-state index contributed by atoms with van der Waals surface area (Å²) in [6, 6.07) is 7.84. The molecule has 0 aliphatic heterocycles. The molecule has 1 aromatic rings. The van der Waals surface area contributed by atoms with E-state index in [9.17, 15) is 9.90 Å². The fourth-order valence-electron chi connectivity index (χ4n) is 1.30. The molecule has 0 aliphatic carbocycles. The number of halogens is 1. The minimum Gasteiger partial charge on any atom is -0.544 e. The van der Waals surface area contributed by atoms with Crippen molar-refractivity contribution in [3.63, 3.8) is 0 Å². The fourth-order valence-corrected chi connectivity index (χ4v) is 1.75. The highest BCUT2D eigenvalue weighted by Crippen LogP contribution is 2.10. The molecule has 76 valence electrons. The molecule has 0 aromatic heterocycles. The van der Waals surface area contributed by atoms with Gasteiger partial charge < -0.3 is 14.8 Å². The van der Waals surface area contributed by atoms with Crippen molar-refractivity contribution in [3.05, 3.63) is 34.3 Å². The van der Waals surface area contributed by atoms with Gasteiger partial charge in [0.25, 0.3) is 0 Å². The highest BCUT2D eigenvalue weighted by Gasteiger charge is 2.03. The maximum absolute atomic E-state index is 10.3. The monoisotopic (exact) mass is 257 g/mol. The van der Waals surface area contributed by atoms with Crippen LogP contribution in [0.2, 0.25) is 0 Å². The van der Waals surface area contributed by atoms with Crippen molar-refractivity contribution >= 4 is 21.9 Å². The molecule has 0 aliphatic rings. The first kappa shape index (κ1) is 11.2. The van der Waals surface area contributed by atoms with E-state index in [1.165, 1.54) is 0 Å². The number of carbonyl (C=O) groups excluding carboxylic acids is 1. The standard InChI is InChI=1S/C10H12BrNO2/c1-12(7-10(13)14)6-8-3-2-4-9(11)5-8/h2-5H,6-7H2,1H3,(H,13,14). The van der Waals surface area contributed by atoms with Crippen molar-refractivity contribution in [1.82, 2.24) is 0 Å². The van der Waals surface area contributed by atoms with Crippen molar-refractivity contribution in [2.75, 3.05) is 13.6 Å². The van der Waals surface area contributed by atoms with Crippen LogP contribution in [0.25, 0.3) is 0 Å². The predicted molar refractivity (Wildman–Crippen MR) is 54.6 cm³/mol. The Morgan fingerprint density at radius 1 is 1.57 bits per heavy atom. The predicted octanol–water partition coefficient (Wildman–Crippen LogP) is -0.786. The van der Waals surface area contributed by atoms with Crippen molar-refractivity contribution in [1.29, 1.82) is 0 Å². The zero-order valence-corrected chi connectivity index (χ0v) is 9.50. The average Bonchev–Trinajstić information content (AvgIpc) is 2.01. The molecular formula is C10H12BrNO2. The molecule has 0 saturated heterocycles. The number of carboxylic acid groups (broad SMARTS) is 1. The number of aliphatic carboxylic acids is 1. The summed E-state index contributed by atoms with van der Waals surface area (Å²) in [4.78, 5) is 11.2. The Bertz CT molecular complexity index is 328. The minimum absolute atomic E-state index is 0.0342. The molecule has 1 atom stereocenters. The van der Waals surface area contributed by atoms with Gasteiger partial charge >= 0.3 is 0 Å². The van der Waals surface area contributed by atoms with Crippen molar-refractivity contribution < 1.29 is 14.8 Å². The van der Waals surface area contributed by atoms with Gasteiger partial charge in [0, 0.05) is 10.0 Å². The van der Waals surface area contributed by atoms with Gasteiger partial charge in [0.15, 0.2) is 0 Å². The Hall–Kier alpha value is -0.870. The van der Waals surface area contributed by atoms with Crippen molar-refractivity contribution in [3.8, 4) is 0 Å². The Balaban J connectivity index is 2.55. The summed E-state index contributed by atoms with van der Waals surface area (Å²) in [5.41, 5.74) is 1.11. The zero-order chi connectivity index (χ0) is 10.6. The lowest BCUT2D eigenvalue weighted by molar-refractivity contribution is -0.887. The van der Waals surface area contributed by atoms with E-state index in [0.717, 1.165) is 14.9 Å². The van der Waals surface area contributed by atoms with Gasteiger partial charge in [-0.1, -0.05) is 28.1 Å². The van der Waals surface area contributed by atoms with E-state index >= 15 is 0 Å². The molecule has 0 heterocycles. The Morgan fingerprint density at radius 2 is 2.29 bits per heavy atom. The van der Waals surface area contributed by atoms with Crippen LogP contribution in [0.5, 0.6) is 0 Å². The fraction of sp³-hybridized carbons (Fsp3) is 0.300. The van der Waals surface area contributed by atoms with Crippen LogP contribution in [-0.4, -0.2) is 19.6 Å². The first-order chi connectivity index (χ1) is 6.58. The molecule has 1 aromatic carbocycles. The number of benzene rings is 1. The number of rotatable bonds is 4. The highest BCUT2D eigenvalue weighted by atomic mass is 79.9. The smallest absolute Gasteiger partial charge is 0.117 e. The van der Waals surface area contributed by atoms with E-state index in [1.807, 2.05) is 31.3 Å². The van der Waals surface area contributed by atoms with E-state index in [-0.39, 0.29) is 6.54 Å². The summed E-state index contributed by atoms with van der Waals surface area (Å²) in [5.74, 6) is -1.02. The average molecular weight is 258 g/mol. The van der Waals surface area contributed by atoms with Crippen LogP contribution in [0.3, 0.4) is 0 Å². The van der Waals surface area contributed by atoms with E-state index < -0.39 is 5.97 Å². The van der Waals surface area contributed by atoms with Crippen LogP contribution in [0.15, 0.2) is 28.7 Å². The highest BCUT2D eigenvalue weighted by molar-refractivity contribution is 9.10. The number of likely N-dealkylation sites (N-methyl/N-ethyl adjacent to an activating group) is 1. The largest absolute Gasteiger partial charge is 0.544 e. The van der Waals surface area contributed by atoms with E-state index in [0.29, 0.717) is 6.54 Å². The first-order valence-corrected chi connectivity index (χ1v) is 5.13. The normalized spacial score (nSPS) is 12.4. The molecular weight excluding hydrogens is 246 g/mol. The molecule has 0 amide bonds. The molecule has 1 N–H and O–H groups in total. The third kappa shape index (κ3) is 3.89. The molecule has 4 heteroatoms. The molecule has 0 fully saturated rings. The second kappa shape index (κ2) is 5.12. The molecule has 1 unspecified atom stereocenters. The first-order valence-electron chi connectivity index (χ1n) is 4.33. The maximum Gasteiger partial charge on any atom is 0.117 e. The minimum atomic E-state index is -1.02. The summed E-state index contributed by atoms with van der Waals surface area (Å²) < 4.78 is 1.01. The molecule has 0 saturated carbocycles. The summed E-state index contributed by atoms with van der Waals surface area (Å²) in [6.45, 7) is 0.722. The van der Waals surface area contributed by atoms with Gasteiger partial charge in [-0.15, -0.1) is 0 Å². The summed E-state index contributed by atoms with van der Waals surface area (Å²) in [6.07, 6.45) is 0. The van der Waals surface area contributed by atoms with Crippen LogP contribution < -0.4 is 10.0 Å². The van der Waals surface area contributed by atoms with Crippen LogP contribution >= 0.6 is 15.9 Å². The van der Waals surface area contributed by atoms with Gasteiger partial charge in [-0.25, -0.2) is 0 Å². The van der Waals surface area contributed by atoms with Crippen molar-refractivity contribution in [2.24, 2.45) is 0 Å². The van der Waals surface area contributed by atoms with Crippen LogP contribution in [0, 0.1) is 0 Å². The summed E-state index contributed by atoms with van der Waals surface area (Å²) in [5, 5.41) is 10.3. The second-order valence-electron chi connectivity index (χ2n) is 3.31. The van der Waals surface area contributed by atoms with E-state index in [2.05, 4.69) is 15.9 Å². The van der Waals surface area contributed by atoms with Gasteiger partial charge in [0.05, 0.1) is 13.0 Å². The second-order valence-corrected chi connectivity index (χ2v) is 4.23. The quantitative estimate of drug-likeness (QED) is 0.769. The van der Waals surface area contributed by atoms with Crippen LogP contribution in [0.1, 0.15) is 5.56 Å². The Morgan fingerprint density at radius 3 is 2.86 bits per heavy atom. The van der Waals surface area contributed by atoms with Gasteiger partial charge in [0.1, 0.15) is 13.1 Å². The van der Waals surface area contributed by atoms with Gasteiger partial charge in [-0.2, -0.15) is 0 Å². The topological polar surface area (TPSA) is 44.6 Å². The van der Waals surface area contributed by atoms with Crippen LogP contribution in [0.4, 0.5) is 0 Å². The van der Waals surface area contributed by atoms with Gasteiger partial charge in [0.2, 0.25) is 0 Å². The molecule has 3 nitrogen and oxygen atoms in total. The number of carbonyl (C=O) groups is 1. The number of nitrogens with one attached hydrogen (secondary N) is 1. The number of hydrogen-bond acceptors (Lipinski definition) is 2. The molecule has 14 heavy (non-hydrogen) atoms. The third-order valence-corrected chi connectivity index (χ3v) is 2.33. The third-order valence-electron chi connectivity index (χ3n) is 1.84. The SMILES string of the molecule is C[NH+](CC(=O)[O-])Cc1cccc(Br)c1. The van der Waals surface area contributed by atoms with Gasteiger partial charge in [-0.05, 0) is 12.1 Å². The maximum atomic E-state index is 10.3. The Labute approximate surface area is 91.5 Å². The zero-order valence-electron chi connectivity index (χ0n) is 7.92. The number of quaternary nitrogens is 1. The molecule has 0 radical (unpaired) electrons.